The molecule has 102 valence electrons. The lowest BCUT2D eigenvalue weighted by Crippen LogP contribution is -2.49. The summed E-state index contributed by atoms with van der Waals surface area (Å²) in [7, 11) is 1.30. The van der Waals surface area contributed by atoms with Crippen molar-refractivity contribution in [2.75, 3.05) is 26.7 Å². The van der Waals surface area contributed by atoms with Crippen LogP contribution in [0.15, 0.2) is 0 Å². The molecule has 4 heteroatoms. The number of ether oxygens (including phenoxy) is 1. The molecule has 0 aromatic carbocycles. The van der Waals surface area contributed by atoms with E-state index in [9.17, 15) is 9.90 Å². The Balaban J connectivity index is 4.55. The highest BCUT2D eigenvalue weighted by atomic mass is 16.5. The number of methoxy groups -OCH3 is 1. The van der Waals surface area contributed by atoms with Crippen molar-refractivity contribution < 1.29 is 14.6 Å². The van der Waals surface area contributed by atoms with E-state index in [1.54, 1.807) is 0 Å². The van der Waals surface area contributed by atoms with Crippen LogP contribution in [-0.2, 0) is 9.53 Å². The monoisotopic (exact) mass is 245 g/mol. The van der Waals surface area contributed by atoms with Crippen LogP contribution in [0, 0.1) is 11.8 Å². The highest BCUT2D eigenvalue weighted by Gasteiger charge is 2.33. The zero-order valence-corrected chi connectivity index (χ0v) is 12.0. The molecular formula is C13H27NO3. The Hall–Kier alpha value is -0.610. The number of carbonyl (C=O) groups excluding carboxylic acids is 1. The predicted octanol–water partition coefficient (Wildman–Crippen LogP) is 1.52. The lowest BCUT2D eigenvalue weighted by Gasteiger charge is -2.31. The fourth-order valence-electron chi connectivity index (χ4n) is 1.96. The van der Waals surface area contributed by atoms with Gasteiger partial charge in [-0.2, -0.15) is 0 Å². The molecule has 0 bridgehead atoms. The van der Waals surface area contributed by atoms with Gasteiger partial charge < -0.3 is 9.84 Å². The molecule has 0 spiro atoms. The first kappa shape index (κ1) is 16.4. The third-order valence-electron chi connectivity index (χ3n) is 2.40. The summed E-state index contributed by atoms with van der Waals surface area (Å²) in [6, 6.07) is 0. The Labute approximate surface area is 105 Å². The van der Waals surface area contributed by atoms with E-state index in [0.717, 1.165) is 13.1 Å². The molecule has 0 aliphatic carbocycles. The second-order valence-corrected chi connectivity index (χ2v) is 5.75. The van der Waals surface area contributed by atoms with Gasteiger partial charge in [0, 0.05) is 19.6 Å². The van der Waals surface area contributed by atoms with E-state index >= 15 is 0 Å². The molecule has 0 rings (SSSR count). The van der Waals surface area contributed by atoms with Gasteiger partial charge in [-0.25, -0.2) is 4.79 Å². The Kier molecular flexibility index (Phi) is 6.72. The van der Waals surface area contributed by atoms with Gasteiger partial charge in [0.25, 0.3) is 0 Å². The molecule has 0 radical (unpaired) electrons. The smallest absolute Gasteiger partial charge is 0.338 e. The van der Waals surface area contributed by atoms with Crippen LogP contribution >= 0.6 is 0 Å². The molecule has 0 saturated carbocycles. The molecule has 1 unspecified atom stereocenters. The summed E-state index contributed by atoms with van der Waals surface area (Å²) in [6.45, 7) is 12.1. The number of hydrogen-bond acceptors (Lipinski definition) is 4. The van der Waals surface area contributed by atoms with E-state index in [1.807, 2.05) is 0 Å². The fourth-order valence-corrected chi connectivity index (χ4v) is 1.96. The minimum absolute atomic E-state index is 0.316. The molecule has 0 aromatic rings. The molecule has 0 heterocycles. The van der Waals surface area contributed by atoms with Gasteiger partial charge in [-0.05, 0) is 18.8 Å². The Morgan fingerprint density at radius 2 is 1.65 bits per heavy atom. The highest BCUT2D eigenvalue weighted by Crippen LogP contribution is 2.12. The number of aliphatic hydroxyl groups is 1. The van der Waals surface area contributed by atoms with Gasteiger partial charge in [0.2, 0.25) is 0 Å². The molecule has 1 atom stereocenters. The standard InChI is InChI=1S/C13H27NO3/c1-10(2)7-14(8-11(3)4)9-13(5,16)12(15)17-6/h10-11,16H,7-9H2,1-6H3. The topological polar surface area (TPSA) is 49.8 Å². The zero-order valence-electron chi connectivity index (χ0n) is 12.0. The minimum atomic E-state index is -1.43. The summed E-state index contributed by atoms with van der Waals surface area (Å²) in [5.74, 6) is 0.430. The fraction of sp³-hybridized carbons (Fsp3) is 0.923. The normalized spacial score (nSPS) is 15.4. The van der Waals surface area contributed by atoms with E-state index in [1.165, 1.54) is 14.0 Å². The first-order valence-electron chi connectivity index (χ1n) is 6.22. The van der Waals surface area contributed by atoms with Crippen molar-refractivity contribution in [2.45, 2.75) is 40.2 Å². The summed E-state index contributed by atoms with van der Waals surface area (Å²) < 4.78 is 4.61. The van der Waals surface area contributed by atoms with Crippen molar-refractivity contribution in [3.05, 3.63) is 0 Å². The van der Waals surface area contributed by atoms with Crippen molar-refractivity contribution in [2.24, 2.45) is 11.8 Å². The average Bonchev–Trinajstić information content (AvgIpc) is 2.13. The predicted molar refractivity (Wildman–Crippen MR) is 68.8 cm³/mol. The number of rotatable bonds is 7. The molecule has 0 amide bonds. The van der Waals surface area contributed by atoms with Gasteiger partial charge in [-0.3, -0.25) is 4.90 Å². The van der Waals surface area contributed by atoms with Crippen molar-refractivity contribution in [1.29, 1.82) is 0 Å². The van der Waals surface area contributed by atoms with Gasteiger partial charge in [0.15, 0.2) is 5.60 Å². The molecule has 0 aliphatic rings. The quantitative estimate of drug-likeness (QED) is 0.691. The van der Waals surface area contributed by atoms with Gasteiger partial charge >= 0.3 is 5.97 Å². The minimum Gasteiger partial charge on any atom is -0.467 e. The number of hydrogen-bond donors (Lipinski definition) is 1. The first-order chi connectivity index (χ1) is 7.69. The van der Waals surface area contributed by atoms with E-state index in [-0.39, 0.29) is 0 Å². The Bertz CT molecular complexity index is 227. The van der Waals surface area contributed by atoms with Gasteiger partial charge in [0.1, 0.15) is 0 Å². The maximum atomic E-state index is 11.4. The molecule has 0 aromatic heterocycles. The number of carbonyl (C=O) groups is 1. The maximum Gasteiger partial charge on any atom is 0.338 e. The van der Waals surface area contributed by atoms with Crippen LogP contribution in [0.1, 0.15) is 34.6 Å². The lowest BCUT2D eigenvalue weighted by atomic mass is 10.0. The van der Waals surface area contributed by atoms with Crippen molar-refractivity contribution >= 4 is 5.97 Å². The first-order valence-corrected chi connectivity index (χ1v) is 6.22. The number of nitrogens with zero attached hydrogens (tertiary/aromatic N) is 1. The lowest BCUT2D eigenvalue weighted by molar-refractivity contribution is -0.162. The van der Waals surface area contributed by atoms with E-state index in [2.05, 4.69) is 37.3 Å². The average molecular weight is 245 g/mol. The summed E-state index contributed by atoms with van der Waals surface area (Å²) in [5.41, 5.74) is -1.43. The van der Waals surface area contributed by atoms with Crippen molar-refractivity contribution in [3.8, 4) is 0 Å². The molecule has 0 saturated heterocycles. The largest absolute Gasteiger partial charge is 0.467 e. The summed E-state index contributed by atoms with van der Waals surface area (Å²) >= 11 is 0. The van der Waals surface area contributed by atoms with Crippen molar-refractivity contribution in [3.63, 3.8) is 0 Å². The van der Waals surface area contributed by atoms with Crippen LogP contribution in [0.25, 0.3) is 0 Å². The SMILES string of the molecule is COC(=O)C(C)(O)CN(CC(C)C)CC(C)C. The third-order valence-corrected chi connectivity index (χ3v) is 2.40. The second kappa shape index (κ2) is 6.97. The van der Waals surface area contributed by atoms with Gasteiger partial charge in [-0.1, -0.05) is 27.7 Å². The van der Waals surface area contributed by atoms with Gasteiger partial charge in [-0.15, -0.1) is 0 Å². The van der Waals surface area contributed by atoms with Crippen LogP contribution in [0.3, 0.4) is 0 Å². The van der Waals surface area contributed by atoms with Crippen LogP contribution in [0.2, 0.25) is 0 Å². The third kappa shape index (κ3) is 6.64. The summed E-state index contributed by atoms with van der Waals surface area (Å²) in [4.78, 5) is 13.6. The Morgan fingerprint density at radius 3 is 1.94 bits per heavy atom. The second-order valence-electron chi connectivity index (χ2n) is 5.75. The molecule has 0 aliphatic heterocycles. The van der Waals surface area contributed by atoms with Crippen LogP contribution < -0.4 is 0 Å². The summed E-state index contributed by atoms with van der Waals surface area (Å²) in [5, 5.41) is 10.1. The maximum absolute atomic E-state index is 11.4. The van der Waals surface area contributed by atoms with E-state index < -0.39 is 11.6 Å². The molecule has 0 fully saturated rings. The molecule has 17 heavy (non-hydrogen) atoms. The van der Waals surface area contributed by atoms with E-state index in [0.29, 0.717) is 18.4 Å². The molecule has 1 N–H and O–H groups in total. The zero-order chi connectivity index (χ0) is 13.6. The van der Waals surface area contributed by atoms with Crippen LogP contribution in [0.4, 0.5) is 0 Å². The van der Waals surface area contributed by atoms with Crippen LogP contribution in [-0.4, -0.2) is 48.3 Å². The number of esters is 1. The molecular weight excluding hydrogens is 218 g/mol. The van der Waals surface area contributed by atoms with E-state index in [4.69, 9.17) is 0 Å². The summed E-state index contributed by atoms with van der Waals surface area (Å²) in [6.07, 6.45) is 0. The van der Waals surface area contributed by atoms with Crippen LogP contribution in [0.5, 0.6) is 0 Å². The Morgan fingerprint density at radius 1 is 1.24 bits per heavy atom. The molecule has 4 nitrogen and oxygen atoms in total. The van der Waals surface area contributed by atoms with Gasteiger partial charge in [0.05, 0.1) is 7.11 Å². The highest BCUT2D eigenvalue weighted by molar-refractivity contribution is 5.78. The van der Waals surface area contributed by atoms with Crippen molar-refractivity contribution in [1.82, 2.24) is 4.90 Å².